The summed E-state index contributed by atoms with van der Waals surface area (Å²) in [7, 11) is 0. The fourth-order valence-corrected chi connectivity index (χ4v) is 1.59. The minimum atomic E-state index is -1.01. The Kier molecular flexibility index (Phi) is 1.52. The Morgan fingerprint density at radius 3 is 3.08 bits per heavy atom. The average molecular weight is 172 g/mol. The zero-order chi connectivity index (χ0) is 8.72. The van der Waals surface area contributed by atoms with Gasteiger partial charge in [-0.1, -0.05) is 0 Å². The summed E-state index contributed by atoms with van der Waals surface area (Å²) in [6, 6.07) is -0.808. The molecule has 0 radical (unpaired) electrons. The highest BCUT2D eigenvalue weighted by Gasteiger charge is 2.49. The fraction of sp³-hybridized carbons (Fsp3) is 0.667. The molecule has 0 aromatic heterocycles. The Bertz CT molecular complexity index is 242. The second-order valence-electron chi connectivity index (χ2n) is 2.87. The van der Waals surface area contributed by atoms with Gasteiger partial charge in [0, 0.05) is 6.54 Å². The number of carboxylic acids is 1. The molecule has 0 saturated carbocycles. The number of aliphatic carboxylic acids is 1. The van der Waals surface area contributed by atoms with Crippen LogP contribution in [-0.4, -0.2) is 35.7 Å². The standard InChI is InChI=1S/C6H8N2O4/c9-5-3-2(12-8-5)1-7-4(3)6(10)11/h2-4,7H,1H2,(H,8,9)(H,10,11). The molecule has 3 N–H and O–H groups in total. The average Bonchev–Trinajstić information content (AvgIpc) is 2.53. The molecule has 6 nitrogen and oxygen atoms in total. The van der Waals surface area contributed by atoms with Crippen LogP contribution in [0, 0.1) is 5.92 Å². The molecule has 2 saturated heterocycles. The van der Waals surface area contributed by atoms with E-state index in [1.807, 2.05) is 0 Å². The third kappa shape index (κ3) is 0.886. The normalized spacial score (nSPS) is 39.3. The smallest absolute Gasteiger partial charge is 0.321 e. The highest BCUT2D eigenvalue weighted by atomic mass is 16.7. The van der Waals surface area contributed by atoms with E-state index in [-0.39, 0.29) is 12.0 Å². The lowest BCUT2D eigenvalue weighted by atomic mass is 9.99. The van der Waals surface area contributed by atoms with Crippen molar-refractivity contribution in [3.63, 3.8) is 0 Å². The fourth-order valence-electron chi connectivity index (χ4n) is 1.59. The van der Waals surface area contributed by atoms with Gasteiger partial charge in [0.1, 0.15) is 12.1 Å². The summed E-state index contributed by atoms with van der Waals surface area (Å²) in [5, 5.41) is 11.4. The van der Waals surface area contributed by atoms with E-state index in [2.05, 4.69) is 10.8 Å². The third-order valence-corrected chi connectivity index (χ3v) is 2.18. The van der Waals surface area contributed by atoms with E-state index in [0.29, 0.717) is 6.54 Å². The molecule has 2 aliphatic rings. The Morgan fingerprint density at radius 2 is 2.42 bits per heavy atom. The first-order chi connectivity index (χ1) is 5.70. The molecule has 0 spiro atoms. The van der Waals surface area contributed by atoms with Gasteiger partial charge in [-0.15, -0.1) is 0 Å². The van der Waals surface area contributed by atoms with Crippen molar-refractivity contribution in [2.45, 2.75) is 12.1 Å². The molecule has 2 heterocycles. The molecule has 0 bridgehead atoms. The highest BCUT2D eigenvalue weighted by Crippen LogP contribution is 2.23. The van der Waals surface area contributed by atoms with E-state index < -0.39 is 17.9 Å². The highest BCUT2D eigenvalue weighted by molar-refractivity contribution is 5.88. The van der Waals surface area contributed by atoms with Crippen LogP contribution in [0.2, 0.25) is 0 Å². The van der Waals surface area contributed by atoms with Crippen molar-refractivity contribution in [2.24, 2.45) is 5.92 Å². The van der Waals surface area contributed by atoms with Gasteiger partial charge in [-0.2, -0.15) is 0 Å². The largest absolute Gasteiger partial charge is 0.480 e. The molecular weight excluding hydrogens is 164 g/mol. The van der Waals surface area contributed by atoms with Crippen molar-refractivity contribution in [1.82, 2.24) is 10.8 Å². The second kappa shape index (κ2) is 2.43. The van der Waals surface area contributed by atoms with E-state index >= 15 is 0 Å². The zero-order valence-corrected chi connectivity index (χ0v) is 6.11. The van der Waals surface area contributed by atoms with Gasteiger partial charge in [0.15, 0.2) is 0 Å². The number of amides is 1. The van der Waals surface area contributed by atoms with Crippen LogP contribution < -0.4 is 10.8 Å². The van der Waals surface area contributed by atoms with Crippen LogP contribution in [0.15, 0.2) is 0 Å². The summed E-state index contributed by atoms with van der Waals surface area (Å²) in [4.78, 5) is 26.5. The Hall–Kier alpha value is -1.14. The summed E-state index contributed by atoms with van der Waals surface area (Å²) in [5.41, 5.74) is 2.16. The Labute approximate surface area is 67.8 Å². The SMILES string of the molecule is O=C(O)C1NCC2ONC(=O)C21. The Balaban J connectivity index is 2.19. The maximum atomic E-state index is 11.0. The maximum Gasteiger partial charge on any atom is 0.321 e. The van der Waals surface area contributed by atoms with Crippen LogP contribution in [0.3, 0.4) is 0 Å². The van der Waals surface area contributed by atoms with E-state index in [4.69, 9.17) is 9.94 Å². The third-order valence-electron chi connectivity index (χ3n) is 2.18. The molecule has 0 aromatic carbocycles. The van der Waals surface area contributed by atoms with E-state index in [1.165, 1.54) is 0 Å². The molecule has 3 unspecified atom stereocenters. The number of carbonyl (C=O) groups is 2. The van der Waals surface area contributed by atoms with E-state index in [9.17, 15) is 9.59 Å². The van der Waals surface area contributed by atoms with Crippen LogP contribution in [-0.2, 0) is 14.4 Å². The summed E-state index contributed by atoms with van der Waals surface area (Å²) in [6.07, 6.45) is -0.335. The Morgan fingerprint density at radius 1 is 1.67 bits per heavy atom. The van der Waals surface area contributed by atoms with E-state index in [1.54, 1.807) is 0 Å². The number of rotatable bonds is 1. The second-order valence-corrected chi connectivity index (χ2v) is 2.87. The molecule has 1 amide bonds. The molecule has 2 aliphatic heterocycles. The minimum Gasteiger partial charge on any atom is -0.480 e. The molecule has 2 fully saturated rings. The summed E-state index contributed by atoms with van der Waals surface area (Å²) in [6.45, 7) is 0.403. The van der Waals surface area contributed by atoms with Gasteiger partial charge in [-0.3, -0.25) is 14.4 Å². The van der Waals surface area contributed by atoms with Crippen LogP contribution in [0.4, 0.5) is 0 Å². The molecule has 6 heteroatoms. The predicted molar refractivity (Wildman–Crippen MR) is 35.9 cm³/mol. The van der Waals surface area contributed by atoms with Crippen LogP contribution in [0.25, 0.3) is 0 Å². The van der Waals surface area contributed by atoms with Gasteiger partial charge in [0.2, 0.25) is 0 Å². The first kappa shape index (κ1) is 7.51. The monoisotopic (exact) mass is 172 g/mol. The molecular formula is C6H8N2O4. The van der Waals surface area contributed by atoms with Crippen LogP contribution >= 0.6 is 0 Å². The number of nitrogens with one attached hydrogen (secondary N) is 2. The lowest BCUT2D eigenvalue weighted by molar-refractivity contribution is -0.142. The maximum absolute atomic E-state index is 11.0. The number of carbonyl (C=O) groups excluding carboxylic acids is 1. The van der Waals surface area contributed by atoms with Crippen molar-refractivity contribution in [3.05, 3.63) is 0 Å². The zero-order valence-electron chi connectivity index (χ0n) is 6.11. The van der Waals surface area contributed by atoms with Gasteiger partial charge in [-0.25, -0.2) is 5.48 Å². The molecule has 66 valence electrons. The van der Waals surface area contributed by atoms with Gasteiger partial charge in [0.05, 0.1) is 5.92 Å². The topological polar surface area (TPSA) is 87.7 Å². The number of hydroxylamine groups is 1. The summed E-state index contributed by atoms with van der Waals surface area (Å²) in [5.74, 6) is -1.94. The number of hydrogen-bond acceptors (Lipinski definition) is 4. The van der Waals surface area contributed by atoms with Gasteiger partial charge in [0.25, 0.3) is 5.91 Å². The molecule has 0 aromatic rings. The lowest BCUT2D eigenvalue weighted by Crippen LogP contribution is -2.40. The van der Waals surface area contributed by atoms with E-state index in [0.717, 1.165) is 0 Å². The molecule has 0 aliphatic carbocycles. The van der Waals surface area contributed by atoms with Crippen molar-refractivity contribution in [1.29, 1.82) is 0 Å². The first-order valence-electron chi connectivity index (χ1n) is 3.62. The van der Waals surface area contributed by atoms with Crippen LogP contribution in [0.5, 0.6) is 0 Å². The lowest BCUT2D eigenvalue weighted by Gasteiger charge is -2.08. The number of carboxylic acid groups (broad SMARTS) is 1. The predicted octanol–water partition coefficient (Wildman–Crippen LogP) is -1.91. The van der Waals surface area contributed by atoms with Crippen LogP contribution in [0.1, 0.15) is 0 Å². The number of hydrogen-bond donors (Lipinski definition) is 3. The summed E-state index contributed by atoms with van der Waals surface area (Å²) >= 11 is 0. The van der Waals surface area contributed by atoms with Crippen molar-refractivity contribution < 1.29 is 19.5 Å². The van der Waals surface area contributed by atoms with Gasteiger partial charge < -0.3 is 10.4 Å². The van der Waals surface area contributed by atoms with Gasteiger partial charge in [-0.05, 0) is 0 Å². The molecule has 2 rings (SSSR count). The minimum absolute atomic E-state index is 0.335. The van der Waals surface area contributed by atoms with Crippen molar-refractivity contribution in [2.75, 3.05) is 6.54 Å². The van der Waals surface area contributed by atoms with Crippen molar-refractivity contribution >= 4 is 11.9 Å². The molecule has 12 heavy (non-hydrogen) atoms. The number of fused-ring (bicyclic) bond motifs is 1. The first-order valence-corrected chi connectivity index (χ1v) is 3.62. The quantitative estimate of drug-likeness (QED) is 0.429. The molecule has 3 atom stereocenters. The van der Waals surface area contributed by atoms with Gasteiger partial charge >= 0.3 is 5.97 Å². The summed E-state index contributed by atoms with van der Waals surface area (Å²) < 4.78 is 0. The van der Waals surface area contributed by atoms with Crippen molar-refractivity contribution in [3.8, 4) is 0 Å².